The predicted octanol–water partition coefficient (Wildman–Crippen LogP) is 3.07. The van der Waals surface area contributed by atoms with Crippen LogP contribution in [0.4, 0.5) is 13.2 Å². The summed E-state index contributed by atoms with van der Waals surface area (Å²) in [6.45, 7) is 3.08. The van der Waals surface area contributed by atoms with Crippen molar-refractivity contribution in [2.45, 2.75) is 63.3 Å². The lowest BCUT2D eigenvalue weighted by molar-refractivity contribution is -0.137. The van der Waals surface area contributed by atoms with Gasteiger partial charge in [-0.2, -0.15) is 13.2 Å². The third-order valence-corrected chi connectivity index (χ3v) is 7.12. The molecule has 1 aromatic carbocycles. The van der Waals surface area contributed by atoms with Gasteiger partial charge >= 0.3 is 6.18 Å². The molecule has 2 aromatic rings. The summed E-state index contributed by atoms with van der Waals surface area (Å²) in [4.78, 5) is 43.7. The number of nitrogens with one attached hydrogen (secondary N) is 3. The minimum Gasteiger partial charge on any atom is -0.350 e. The quantitative estimate of drug-likeness (QED) is 0.510. The van der Waals surface area contributed by atoms with Crippen molar-refractivity contribution < 1.29 is 27.6 Å². The zero-order chi connectivity index (χ0) is 27.3. The van der Waals surface area contributed by atoms with Crippen LogP contribution in [0.15, 0.2) is 42.5 Å². The van der Waals surface area contributed by atoms with Crippen molar-refractivity contribution in [3.05, 3.63) is 65.0 Å². The Hall–Kier alpha value is -3.47. The molecule has 3 N–H and O–H groups in total. The lowest BCUT2D eigenvalue weighted by Gasteiger charge is -2.35. The van der Waals surface area contributed by atoms with Crippen molar-refractivity contribution in [1.82, 2.24) is 25.8 Å². The molecule has 2 fully saturated rings. The molecule has 2 aliphatic rings. The highest BCUT2D eigenvalue weighted by molar-refractivity contribution is 5.96. The first kappa shape index (κ1) is 27.6. The first-order valence-corrected chi connectivity index (χ1v) is 12.8. The summed E-state index contributed by atoms with van der Waals surface area (Å²) in [5.74, 6) is -1.27. The molecule has 1 atom stereocenters. The minimum atomic E-state index is -4.55. The van der Waals surface area contributed by atoms with E-state index in [1.54, 1.807) is 6.07 Å². The highest BCUT2D eigenvalue weighted by Gasteiger charge is 2.33. The second-order valence-electron chi connectivity index (χ2n) is 9.95. The van der Waals surface area contributed by atoms with E-state index in [1.165, 1.54) is 6.07 Å². The number of pyridine rings is 1. The van der Waals surface area contributed by atoms with Gasteiger partial charge in [0, 0.05) is 42.5 Å². The van der Waals surface area contributed by atoms with Crippen molar-refractivity contribution in [2.75, 3.05) is 19.6 Å². The number of carbonyl (C=O) groups is 3. The predicted molar refractivity (Wildman–Crippen MR) is 134 cm³/mol. The Morgan fingerprint density at radius 2 is 1.68 bits per heavy atom. The Kier molecular flexibility index (Phi) is 8.65. The average Bonchev–Trinajstić information content (AvgIpc) is 3.35. The van der Waals surface area contributed by atoms with Crippen LogP contribution in [-0.2, 0) is 11.0 Å². The topological polar surface area (TPSA) is 103 Å². The molecule has 4 rings (SSSR count). The zero-order valence-electron chi connectivity index (χ0n) is 21.2. The Balaban J connectivity index is 1.17. The van der Waals surface area contributed by atoms with E-state index in [2.05, 4.69) is 25.8 Å². The van der Waals surface area contributed by atoms with Crippen LogP contribution in [0.2, 0.25) is 0 Å². The maximum Gasteiger partial charge on any atom is 0.416 e. The summed E-state index contributed by atoms with van der Waals surface area (Å²) >= 11 is 0. The Morgan fingerprint density at radius 3 is 2.39 bits per heavy atom. The molecule has 1 saturated heterocycles. The molecule has 1 saturated carbocycles. The lowest BCUT2D eigenvalue weighted by atomic mass is 9.90. The van der Waals surface area contributed by atoms with E-state index in [0.717, 1.165) is 62.5 Å². The van der Waals surface area contributed by atoms with Crippen molar-refractivity contribution >= 4 is 17.7 Å². The van der Waals surface area contributed by atoms with E-state index < -0.39 is 17.6 Å². The van der Waals surface area contributed by atoms with Crippen LogP contribution in [0.25, 0.3) is 0 Å². The van der Waals surface area contributed by atoms with Crippen molar-refractivity contribution in [3.63, 3.8) is 0 Å². The number of alkyl halides is 3. The van der Waals surface area contributed by atoms with Gasteiger partial charge in [0.2, 0.25) is 5.91 Å². The van der Waals surface area contributed by atoms with E-state index in [-0.39, 0.29) is 36.0 Å². The van der Waals surface area contributed by atoms with E-state index in [0.29, 0.717) is 18.3 Å². The van der Waals surface area contributed by atoms with Crippen LogP contribution < -0.4 is 16.0 Å². The summed E-state index contributed by atoms with van der Waals surface area (Å²) in [6.07, 6.45) is -0.133. The number of likely N-dealkylation sites (tertiary alicyclic amines) is 1. The van der Waals surface area contributed by atoms with Crippen molar-refractivity contribution in [3.8, 4) is 0 Å². The number of carbonyl (C=O) groups excluding carboxylic acids is 3. The largest absolute Gasteiger partial charge is 0.416 e. The Labute approximate surface area is 219 Å². The molecule has 11 heteroatoms. The monoisotopic (exact) mass is 531 g/mol. The molecule has 1 aromatic heterocycles. The van der Waals surface area contributed by atoms with Gasteiger partial charge in [0.15, 0.2) is 0 Å². The molecule has 3 amide bonds. The van der Waals surface area contributed by atoms with Gasteiger partial charge in [0.05, 0.1) is 12.1 Å². The first-order valence-electron chi connectivity index (χ1n) is 12.8. The number of amides is 3. The second kappa shape index (κ2) is 11.9. The zero-order valence-corrected chi connectivity index (χ0v) is 21.2. The van der Waals surface area contributed by atoms with Gasteiger partial charge in [-0.1, -0.05) is 12.1 Å². The molecule has 1 aliphatic heterocycles. The van der Waals surface area contributed by atoms with Crippen LogP contribution in [0.1, 0.15) is 64.2 Å². The number of nitrogens with zero attached hydrogens (tertiary/aromatic N) is 2. The number of halogens is 3. The molecular weight excluding hydrogens is 499 g/mol. The smallest absolute Gasteiger partial charge is 0.350 e. The van der Waals surface area contributed by atoms with Gasteiger partial charge in [-0.15, -0.1) is 0 Å². The van der Waals surface area contributed by atoms with Gasteiger partial charge in [-0.3, -0.25) is 19.3 Å². The summed E-state index contributed by atoms with van der Waals surface area (Å²) in [5, 5.41) is 8.39. The maximum atomic E-state index is 12.9. The minimum absolute atomic E-state index is 0.0576. The van der Waals surface area contributed by atoms with Gasteiger partial charge in [0.25, 0.3) is 11.8 Å². The highest BCUT2D eigenvalue weighted by Crippen LogP contribution is 2.29. The molecule has 0 bridgehead atoms. The van der Waals surface area contributed by atoms with E-state index in [9.17, 15) is 27.6 Å². The number of hydrogen-bond donors (Lipinski definition) is 3. The summed E-state index contributed by atoms with van der Waals surface area (Å²) in [7, 11) is 0. The third kappa shape index (κ3) is 7.31. The fraction of sp³-hybridized carbons (Fsp3) is 0.481. The molecule has 0 radical (unpaired) electrons. The van der Waals surface area contributed by atoms with Gasteiger partial charge < -0.3 is 16.0 Å². The molecular formula is C27H32F3N5O3. The van der Waals surface area contributed by atoms with E-state index in [4.69, 9.17) is 0 Å². The molecule has 2 heterocycles. The van der Waals surface area contributed by atoms with Crippen molar-refractivity contribution in [1.29, 1.82) is 0 Å². The molecule has 0 spiro atoms. The molecule has 1 aliphatic carbocycles. The number of benzene rings is 1. The fourth-order valence-electron chi connectivity index (χ4n) is 5.13. The van der Waals surface area contributed by atoms with Crippen LogP contribution in [0, 0.1) is 6.92 Å². The van der Waals surface area contributed by atoms with Gasteiger partial charge in [-0.25, -0.2) is 4.98 Å². The Bertz CT molecular complexity index is 1160. The highest BCUT2D eigenvalue weighted by atomic mass is 19.4. The lowest BCUT2D eigenvalue weighted by Crippen LogP contribution is -2.46. The SMILES string of the molecule is Cc1cccc(C(=O)NC2CCC(N3CCC(NC(=O)CNC(=O)c4cccc(C(F)(F)F)c4)C3)CC2)n1. The summed E-state index contributed by atoms with van der Waals surface area (Å²) in [5.41, 5.74) is 0.161. The molecule has 1 unspecified atom stereocenters. The number of aryl methyl sites for hydroxylation is 1. The third-order valence-electron chi connectivity index (χ3n) is 7.12. The molecule has 38 heavy (non-hydrogen) atoms. The van der Waals surface area contributed by atoms with Crippen LogP contribution >= 0.6 is 0 Å². The van der Waals surface area contributed by atoms with Gasteiger partial charge in [0.1, 0.15) is 5.69 Å². The molecule has 8 nitrogen and oxygen atoms in total. The van der Waals surface area contributed by atoms with E-state index in [1.807, 2.05) is 19.1 Å². The van der Waals surface area contributed by atoms with Crippen LogP contribution in [-0.4, -0.2) is 65.4 Å². The number of hydrogen-bond acceptors (Lipinski definition) is 5. The average molecular weight is 532 g/mol. The first-order chi connectivity index (χ1) is 18.1. The van der Waals surface area contributed by atoms with Gasteiger partial charge in [-0.05, 0) is 69.4 Å². The van der Waals surface area contributed by atoms with Crippen LogP contribution in [0.5, 0.6) is 0 Å². The fourth-order valence-corrected chi connectivity index (χ4v) is 5.13. The number of aromatic nitrogens is 1. The second-order valence-corrected chi connectivity index (χ2v) is 9.95. The van der Waals surface area contributed by atoms with Crippen molar-refractivity contribution in [2.24, 2.45) is 0 Å². The Morgan fingerprint density at radius 1 is 0.947 bits per heavy atom. The maximum absolute atomic E-state index is 12.9. The summed E-state index contributed by atoms with van der Waals surface area (Å²) in [6, 6.07) is 9.90. The summed E-state index contributed by atoms with van der Waals surface area (Å²) < 4.78 is 38.6. The normalized spacial score (nSPS) is 22.1. The number of rotatable bonds is 7. The van der Waals surface area contributed by atoms with E-state index >= 15 is 0 Å². The molecule has 204 valence electrons. The standard InChI is InChI=1S/C27H32F3N5O3/c1-17-4-2-7-23(32-17)26(38)34-20-8-10-22(11-9-20)35-13-12-21(16-35)33-24(36)15-31-25(37)18-5-3-6-19(14-18)27(28,29)30/h2-7,14,20-22H,8-13,15-16H2,1H3,(H,31,37)(H,33,36)(H,34,38). The van der Waals surface area contributed by atoms with Crippen LogP contribution in [0.3, 0.4) is 0 Å².